The predicted octanol–water partition coefficient (Wildman–Crippen LogP) is 0.993. The van der Waals surface area contributed by atoms with Crippen LogP contribution in [0.4, 0.5) is 0 Å². The molecule has 0 spiro atoms. The van der Waals surface area contributed by atoms with Crippen molar-refractivity contribution in [1.29, 1.82) is 0 Å². The molecule has 1 aromatic carbocycles. The number of hydrogen-bond donors (Lipinski definition) is 1. The minimum absolute atomic E-state index is 0.149. The summed E-state index contributed by atoms with van der Waals surface area (Å²) in [5.74, 6) is 1.04. The number of hydrogen-bond acceptors (Lipinski definition) is 5. The van der Waals surface area contributed by atoms with Gasteiger partial charge in [0, 0.05) is 25.1 Å². The first-order valence-electron chi connectivity index (χ1n) is 7.15. The van der Waals surface area contributed by atoms with Gasteiger partial charge in [0.25, 0.3) is 0 Å². The van der Waals surface area contributed by atoms with Gasteiger partial charge >= 0.3 is 0 Å². The fourth-order valence-corrected chi connectivity index (χ4v) is 4.45. The molecule has 1 fully saturated rings. The summed E-state index contributed by atoms with van der Waals surface area (Å²) in [6.45, 7) is 1.38. The lowest BCUT2D eigenvalue weighted by molar-refractivity contribution is 0.213. The number of ether oxygens (including phenoxy) is 2. The molecular weight excluding hydrogens is 294 g/mol. The van der Waals surface area contributed by atoms with Gasteiger partial charge in [0.1, 0.15) is 0 Å². The summed E-state index contributed by atoms with van der Waals surface area (Å²) in [6, 6.07) is 4.36. The number of rotatable bonds is 3. The first kappa shape index (κ1) is 14.6. The number of nitrogens with zero attached hydrogens (tertiary/aromatic N) is 1. The average Bonchev–Trinajstić information content (AvgIpc) is 2.85. The monoisotopic (exact) mass is 313 g/mol. The van der Waals surface area contributed by atoms with Crippen molar-refractivity contribution in [3.8, 4) is 11.5 Å². The molecule has 0 unspecified atom stereocenters. The van der Waals surface area contributed by atoms with Crippen LogP contribution in [0.2, 0.25) is 0 Å². The summed E-state index contributed by atoms with van der Waals surface area (Å²) in [6.07, 6.45) is 2.24. The summed E-state index contributed by atoms with van der Waals surface area (Å²) >= 11 is 0. The van der Waals surface area contributed by atoms with Crippen molar-refractivity contribution in [2.24, 2.45) is 0 Å². The molecule has 6 nitrogen and oxygen atoms in total. The van der Waals surface area contributed by atoms with Crippen molar-refractivity contribution in [2.45, 2.75) is 30.2 Å². The zero-order valence-corrected chi connectivity index (χ0v) is 12.5. The quantitative estimate of drug-likeness (QED) is 0.901. The van der Waals surface area contributed by atoms with E-state index in [1.807, 2.05) is 0 Å². The highest BCUT2D eigenvalue weighted by molar-refractivity contribution is 7.89. The number of benzene rings is 1. The lowest BCUT2D eigenvalue weighted by Crippen LogP contribution is -2.37. The maximum atomic E-state index is 12.7. The molecule has 0 aliphatic carbocycles. The summed E-state index contributed by atoms with van der Waals surface area (Å²) in [7, 11) is -3.61. The fraction of sp³-hybridized carbons (Fsp3) is 0.571. The number of fused-ring (bicyclic) bond motifs is 1. The molecule has 3 rings (SSSR count). The highest BCUT2D eigenvalue weighted by atomic mass is 32.2. The Kier molecular flexibility index (Phi) is 4.05. The maximum absolute atomic E-state index is 12.7. The third kappa shape index (κ3) is 2.73. The smallest absolute Gasteiger partial charge is 0.243 e. The van der Waals surface area contributed by atoms with Gasteiger partial charge in [0.15, 0.2) is 11.5 Å². The van der Waals surface area contributed by atoms with Crippen molar-refractivity contribution < 1.29 is 23.0 Å². The van der Waals surface area contributed by atoms with E-state index in [1.165, 1.54) is 16.4 Å². The zero-order chi connectivity index (χ0) is 14.9. The molecule has 2 heterocycles. The predicted molar refractivity (Wildman–Crippen MR) is 76.0 cm³/mol. The minimum Gasteiger partial charge on any atom is -0.490 e. The van der Waals surface area contributed by atoms with Crippen LogP contribution in [0.25, 0.3) is 0 Å². The van der Waals surface area contributed by atoms with E-state index < -0.39 is 10.0 Å². The second-order valence-corrected chi connectivity index (χ2v) is 7.14. The Bertz CT molecular complexity index is 616. The summed E-state index contributed by atoms with van der Waals surface area (Å²) in [5, 5.41) is 9.33. The SMILES string of the molecule is O=S(=O)(c1ccc2c(c1)OCCCO2)N1CCC[C@H]1CO. The van der Waals surface area contributed by atoms with Gasteiger partial charge < -0.3 is 14.6 Å². The van der Waals surface area contributed by atoms with Crippen LogP contribution in [0, 0.1) is 0 Å². The lowest BCUT2D eigenvalue weighted by Gasteiger charge is -2.22. The topological polar surface area (TPSA) is 76.1 Å². The van der Waals surface area contributed by atoms with Crippen LogP contribution in [-0.4, -0.2) is 50.2 Å². The molecule has 21 heavy (non-hydrogen) atoms. The van der Waals surface area contributed by atoms with E-state index in [2.05, 4.69) is 0 Å². The van der Waals surface area contributed by atoms with E-state index in [9.17, 15) is 13.5 Å². The van der Waals surface area contributed by atoms with E-state index in [0.29, 0.717) is 37.7 Å². The van der Waals surface area contributed by atoms with Gasteiger partial charge in [-0.3, -0.25) is 0 Å². The van der Waals surface area contributed by atoms with E-state index in [0.717, 1.165) is 12.8 Å². The number of aliphatic hydroxyl groups excluding tert-OH is 1. The molecule has 1 aromatic rings. The number of sulfonamides is 1. The molecule has 116 valence electrons. The maximum Gasteiger partial charge on any atom is 0.243 e. The van der Waals surface area contributed by atoms with Gasteiger partial charge in [-0.15, -0.1) is 0 Å². The minimum atomic E-state index is -3.61. The Morgan fingerprint density at radius 3 is 2.71 bits per heavy atom. The van der Waals surface area contributed by atoms with E-state index >= 15 is 0 Å². The Labute approximate surface area is 124 Å². The highest BCUT2D eigenvalue weighted by Gasteiger charge is 2.35. The summed E-state index contributed by atoms with van der Waals surface area (Å²) < 4.78 is 37.8. The van der Waals surface area contributed by atoms with Gasteiger partial charge in [-0.2, -0.15) is 4.31 Å². The normalized spacial score (nSPS) is 23.0. The van der Waals surface area contributed by atoms with Crippen LogP contribution in [0.3, 0.4) is 0 Å². The second kappa shape index (κ2) is 5.82. The standard InChI is InChI=1S/C14H19NO5S/c16-10-11-3-1-6-15(11)21(17,18)12-4-5-13-14(9-12)20-8-2-7-19-13/h4-5,9,11,16H,1-3,6-8,10H2/t11-/m0/s1. The van der Waals surface area contributed by atoms with E-state index in [-0.39, 0.29) is 17.5 Å². The largest absolute Gasteiger partial charge is 0.490 e. The molecule has 0 saturated carbocycles. The summed E-state index contributed by atoms with van der Waals surface area (Å²) in [4.78, 5) is 0.187. The van der Waals surface area contributed by atoms with Crippen molar-refractivity contribution in [3.63, 3.8) is 0 Å². The van der Waals surface area contributed by atoms with Crippen LogP contribution < -0.4 is 9.47 Å². The van der Waals surface area contributed by atoms with E-state index in [4.69, 9.17) is 9.47 Å². The molecule has 2 aliphatic heterocycles. The van der Waals surface area contributed by atoms with Crippen LogP contribution in [0.5, 0.6) is 11.5 Å². The van der Waals surface area contributed by atoms with Crippen LogP contribution in [0.15, 0.2) is 23.1 Å². The molecule has 2 aliphatic rings. The molecular formula is C14H19NO5S. The summed E-state index contributed by atoms with van der Waals surface area (Å²) in [5.41, 5.74) is 0. The van der Waals surface area contributed by atoms with Gasteiger partial charge in [-0.1, -0.05) is 0 Å². The van der Waals surface area contributed by atoms with E-state index in [1.54, 1.807) is 6.07 Å². The van der Waals surface area contributed by atoms with Crippen molar-refractivity contribution in [2.75, 3.05) is 26.4 Å². The van der Waals surface area contributed by atoms with Crippen molar-refractivity contribution >= 4 is 10.0 Å². The molecule has 1 saturated heterocycles. The Morgan fingerprint density at radius 1 is 1.19 bits per heavy atom. The molecule has 1 atom stereocenters. The molecule has 1 N–H and O–H groups in total. The van der Waals surface area contributed by atoms with Crippen molar-refractivity contribution in [3.05, 3.63) is 18.2 Å². The van der Waals surface area contributed by atoms with Crippen LogP contribution >= 0.6 is 0 Å². The first-order chi connectivity index (χ1) is 10.1. The Hall–Kier alpha value is -1.31. The molecule has 0 amide bonds. The van der Waals surface area contributed by atoms with Crippen LogP contribution in [0.1, 0.15) is 19.3 Å². The van der Waals surface area contributed by atoms with Crippen molar-refractivity contribution in [1.82, 2.24) is 4.31 Å². The zero-order valence-electron chi connectivity index (χ0n) is 11.7. The third-order valence-corrected chi connectivity index (χ3v) is 5.81. The second-order valence-electron chi connectivity index (χ2n) is 5.25. The Morgan fingerprint density at radius 2 is 1.95 bits per heavy atom. The molecule has 0 aromatic heterocycles. The number of aliphatic hydroxyl groups is 1. The molecule has 0 bridgehead atoms. The van der Waals surface area contributed by atoms with Crippen LogP contribution in [-0.2, 0) is 10.0 Å². The highest BCUT2D eigenvalue weighted by Crippen LogP contribution is 2.34. The van der Waals surface area contributed by atoms with Gasteiger partial charge in [0.2, 0.25) is 10.0 Å². The Balaban J connectivity index is 1.94. The average molecular weight is 313 g/mol. The van der Waals surface area contributed by atoms with Gasteiger partial charge in [-0.25, -0.2) is 8.42 Å². The van der Waals surface area contributed by atoms with Gasteiger partial charge in [-0.05, 0) is 25.0 Å². The molecule has 0 radical (unpaired) electrons. The fourth-order valence-electron chi connectivity index (χ4n) is 2.75. The molecule has 7 heteroatoms. The first-order valence-corrected chi connectivity index (χ1v) is 8.59. The van der Waals surface area contributed by atoms with Gasteiger partial charge in [0.05, 0.1) is 24.7 Å². The third-order valence-electron chi connectivity index (χ3n) is 3.86. The lowest BCUT2D eigenvalue weighted by atomic mass is 10.2.